The molecule has 1 aliphatic heterocycles. The minimum atomic E-state index is -3.15. The molecule has 0 radical (unpaired) electrons. The third kappa shape index (κ3) is 3.83. The fraction of sp³-hybridized carbons (Fsp3) is 0.316. The molecule has 0 amide bonds. The van der Waals surface area contributed by atoms with Crippen molar-refractivity contribution in [2.24, 2.45) is 4.99 Å². The summed E-state index contributed by atoms with van der Waals surface area (Å²) in [5, 5.41) is 6.24. The first-order chi connectivity index (χ1) is 12.6. The van der Waals surface area contributed by atoms with Crippen molar-refractivity contribution < 1.29 is 17.9 Å². The molecule has 144 valence electrons. The Morgan fingerprint density at radius 1 is 1.07 bits per heavy atom. The lowest BCUT2D eigenvalue weighted by Gasteiger charge is -2.40. The number of nitrogens with zero attached hydrogens (tertiary/aromatic N) is 1. The van der Waals surface area contributed by atoms with E-state index < -0.39 is 23.4 Å². The first kappa shape index (κ1) is 19.4. The van der Waals surface area contributed by atoms with Gasteiger partial charge in [-0.05, 0) is 51.1 Å². The van der Waals surface area contributed by atoms with Crippen LogP contribution in [0.2, 0.25) is 5.02 Å². The second-order valence-electron chi connectivity index (χ2n) is 6.77. The molecule has 0 bridgehead atoms. The lowest BCUT2D eigenvalue weighted by atomic mass is 9.93. The van der Waals surface area contributed by atoms with Gasteiger partial charge < -0.3 is 15.4 Å². The quantitative estimate of drug-likeness (QED) is 0.685. The molecule has 0 unspecified atom stereocenters. The third-order valence-electron chi connectivity index (χ3n) is 4.35. The molecule has 0 spiro atoms. The van der Waals surface area contributed by atoms with Crippen molar-refractivity contribution in [2.75, 3.05) is 10.6 Å². The summed E-state index contributed by atoms with van der Waals surface area (Å²) in [6.07, 6.45) is 0. The molecular weight excluding hydrogens is 379 g/mol. The van der Waals surface area contributed by atoms with Gasteiger partial charge in [0.05, 0.1) is 16.4 Å². The Bertz CT molecular complexity index is 886. The molecule has 2 aromatic rings. The molecule has 1 aliphatic rings. The zero-order valence-corrected chi connectivity index (χ0v) is 15.7. The Hall–Kier alpha value is -2.41. The first-order valence-corrected chi connectivity index (χ1v) is 8.71. The lowest BCUT2D eigenvalue weighted by Crippen LogP contribution is -2.56. The number of para-hydroxylation sites is 1. The highest BCUT2D eigenvalue weighted by Crippen LogP contribution is 2.39. The van der Waals surface area contributed by atoms with Crippen molar-refractivity contribution in [2.45, 2.75) is 38.3 Å². The largest absolute Gasteiger partial charge is 0.453 e. The lowest BCUT2D eigenvalue weighted by molar-refractivity contribution is -0.174. The van der Waals surface area contributed by atoms with Gasteiger partial charge in [-0.1, -0.05) is 23.7 Å². The van der Waals surface area contributed by atoms with Crippen LogP contribution in [0.1, 0.15) is 20.8 Å². The summed E-state index contributed by atoms with van der Waals surface area (Å²) in [6, 6.07) is 9.90. The Labute approximate surface area is 160 Å². The summed E-state index contributed by atoms with van der Waals surface area (Å²) >= 11 is 6.11. The SMILES string of the molecule is C[C@H]1N=C(Nc2cc(Nc3ccccc3Cl)ccc2F)OC(C)(C)C1(F)F. The summed E-state index contributed by atoms with van der Waals surface area (Å²) in [5.41, 5.74) is -0.530. The van der Waals surface area contributed by atoms with Crippen LogP contribution >= 0.6 is 11.6 Å². The van der Waals surface area contributed by atoms with E-state index in [1.54, 1.807) is 18.2 Å². The summed E-state index contributed by atoms with van der Waals surface area (Å²) in [7, 11) is 0. The Morgan fingerprint density at radius 3 is 2.44 bits per heavy atom. The Balaban J connectivity index is 1.85. The summed E-state index contributed by atoms with van der Waals surface area (Å²) in [4.78, 5) is 3.82. The molecule has 0 saturated heterocycles. The summed E-state index contributed by atoms with van der Waals surface area (Å²) < 4.78 is 47.8. The van der Waals surface area contributed by atoms with E-state index in [2.05, 4.69) is 15.6 Å². The predicted octanol–water partition coefficient (Wildman–Crippen LogP) is 5.82. The van der Waals surface area contributed by atoms with Gasteiger partial charge in [0.15, 0.2) is 5.60 Å². The zero-order chi connectivity index (χ0) is 19.8. The van der Waals surface area contributed by atoms with Crippen LogP contribution in [0.15, 0.2) is 47.5 Å². The van der Waals surface area contributed by atoms with Crippen LogP contribution in [0, 0.1) is 5.82 Å². The molecule has 8 heteroatoms. The third-order valence-corrected chi connectivity index (χ3v) is 4.68. The molecule has 0 aromatic heterocycles. The van der Waals surface area contributed by atoms with E-state index in [4.69, 9.17) is 16.3 Å². The van der Waals surface area contributed by atoms with E-state index in [0.717, 1.165) is 0 Å². The van der Waals surface area contributed by atoms with Crippen LogP contribution in [0.4, 0.5) is 30.2 Å². The number of benzene rings is 2. The van der Waals surface area contributed by atoms with Crippen LogP contribution in [0.25, 0.3) is 0 Å². The summed E-state index contributed by atoms with van der Waals surface area (Å²) in [5.74, 6) is -3.72. The molecule has 0 aliphatic carbocycles. The zero-order valence-electron chi connectivity index (χ0n) is 15.0. The number of hydrogen-bond donors (Lipinski definition) is 2. The Morgan fingerprint density at radius 2 is 1.78 bits per heavy atom. The van der Waals surface area contributed by atoms with E-state index in [0.29, 0.717) is 16.4 Å². The number of rotatable bonds is 3. The normalized spacial score (nSPS) is 20.4. The molecule has 2 N–H and O–H groups in total. The van der Waals surface area contributed by atoms with Gasteiger partial charge in [0.25, 0.3) is 6.02 Å². The van der Waals surface area contributed by atoms with E-state index in [-0.39, 0.29) is 11.7 Å². The minimum absolute atomic E-state index is 0.0408. The number of amidine groups is 1. The van der Waals surface area contributed by atoms with Gasteiger partial charge in [0.2, 0.25) is 0 Å². The van der Waals surface area contributed by atoms with Gasteiger partial charge in [0, 0.05) is 5.69 Å². The van der Waals surface area contributed by atoms with Crippen LogP contribution in [0.3, 0.4) is 0 Å². The average molecular weight is 398 g/mol. The van der Waals surface area contributed by atoms with E-state index in [9.17, 15) is 13.2 Å². The smallest absolute Gasteiger partial charge is 0.308 e. The number of nitrogens with one attached hydrogen (secondary N) is 2. The molecule has 27 heavy (non-hydrogen) atoms. The number of ether oxygens (including phenoxy) is 1. The number of hydrogen-bond acceptors (Lipinski definition) is 4. The highest BCUT2D eigenvalue weighted by molar-refractivity contribution is 6.33. The van der Waals surface area contributed by atoms with Crippen molar-refractivity contribution >= 4 is 34.7 Å². The molecule has 1 atom stereocenters. The molecule has 0 saturated carbocycles. The maximum absolute atomic E-state index is 14.2. The number of halogens is 4. The van der Waals surface area contributed by atoms with Crippen molar-refractivity contribution in [3.63, 3.8) is 0 Å². The average Bonchev–Trinajstić information content (AvgIpc) is 2.58. The topological polar surface area (TPSA) is 45.7 Å². The monoisotopic (exact) mass is 397 g/mol. The predicted molar refractivity (Wildman–Crippen MR) is 102 cm³/mol. The Kier molecular flexibility index (Phi) is 4.99. The molecule has 0 fully saturated rings. The van der Waals surface area contributed by atoms with Crippen LogP contribution in [-0.4, -0.2) is 23.6 Å². The molecule has 1 heterocycles. The van der Waals surface area contributed by atoms with E-state index >= 15 is 0 Å². The van der Waals surface area contributed by atoms with Gasteiger partial charge in [-0.15, -0.1) is 0 Å². The van der Waals surface area contributed by atoms with Crippen molar-refractivity contribution in [1.82, 2.24) is 0 Å². The van der Waals surface area contributed by atoms with Crippen LogP contribution in [0.5, 0.6) is 0 Å². The van der Waals surface area contributed by atoms with Crippen molar-refractivity contribution in [1.29, 1.82) is 0 Å². The minimum Gasteiger partial charge on any atom is -0.453 e. The summed E-state index contributed by atoms with van der Waals surface area (Å²) in [6.45, 7) is 3.83. The first-order valence-electron chi connectivity index (χ1n) is 8.33. The van der Waals surface area contributed by atoms with Crippen molar-refractivity contribution in [3.05, 3.63) is 53.3 Å². The number of anilines is 3. The number of alkyl halides is 2. The van der Waals surface area contributed by atoms with Gasteiger partial charge in [-0.3, -0.25) is 0 Å². The fourth-order valence-corrected chi connectivity index (χ4v) is 2.87. The molecule has 3 rings (SSSR count). The maximum atomic E-state index is 14.2. The second kappa shape index (κ2) is 6.96. The van der Waals surface area contributed by atoms with E-state index in [1.807, 2.05) is 6.07 Å². The van der Waals surface area contributed by atoms with Crippen molar-refractivity contribution in [3.8, 4) is 0 Å². The molecule has 4 nitrogen and oxygen atoms in total. The maximum Gasteiger partial charge on any atom is 0.308 e. The van der Waals surface area contributed by atoms with Gasteiger partial charge in [-0.25, -0.2) is 9.38 Å². The van der Waals surface area contributed by atoms with Crippen LogP contribution < -0.4 is 10.6 Å². The standard InChI is InChI=1S/C19H19ClF3N3O/c1-11-19(22,23)18(2,3)27-17(24-11)26-16-10-12(8-9-14(16)21)25-15-7-5-4-6-13(15)20/h4-11,25H,1-3H3,(H,24,26)/t11-/m1/s1. The molecular formula is C19H19ClF3N3O. The highest BCUT2D eigenvalue weighted by Gasteiger charge is 2.56. The highest BCUT2D eigenvalue weighted by atomic mass is 35.5. The van der Waals surface area contributed by atoms with Gasteiger partial charge in [-0.2, -0.15) is 8.78 Å². The van der Waals surface area contributed by atoms with Gasteiger partial charge >= 0.3 is 5.92 Å². The molecule has 2 aromatic carbocycles. The second-order valence-corrected chi connectivity index (χ2v) is 7.18. The van der Waals surface area contributed by atoms with Crippen LogP contribution in [-0.2, 0) is 4.74 Å². The van der Waals surface area contributed by atoms with Gasteiger partial charge in [0.1, 0.15) is 11.9 Å². The fourth-order valence-electron chi connectivity index (χ4n) is 2.69. The van der Waals surface area contributed by atoms with E-state index in [1.165, 1.54) is 39.0 Å². The number of aliphatic imine (C=N–C) groups is 1.